The molecule has 1 aromatic rings. The largest absolute Gasteiger partial charge is 0.311 e. The van der Waals surface area contributed by atoms with Crippen LogP contribution in [-0.4, -0.2) is 16.3 Å². The summed E-state index contributed by atoms with van der Waals surface area (Å²) in [6, 6.07) is 0. The molecule has 2 N–H and O–H groups in total. The topological polar surface area (TPSA) is 49.8 Å². The van der Waals surface area contributed by atoms with Gasteiger partial charge < -0.3 is 5.32 Å². The Morgan fingerprint density at radius 1 is 1.50 bits per heavy atom. The highest BCUT2D eigenvalue weighted by molar-refractivity contribution is 5.85. The van der Waals surface area contributed by atoms with E-state index in [1.54, 1.807) is 7.05 Å². The van der Waals surface area contributed by atoms with E-state index in [2.05, 4.69) is 10.4 Å². The number of halogens is 1. The lowest BCUT2D eigenvalue weighted by Crippen LogP contribution is -2.26. The minimum absolute atomic E-state index is 0. The standard InChI is InChI=1S/C7H11N3O.ClH/c1-10-7(11)5-2-3-8-4-6(5)9-10;/h8-9H,2-4H2,1H3;1H. The molecule has 0 bridgehead atoms. The first kappa shape index (κ1) is 9.35. The lowest BCUT2D eigenvalue weighted by molar-refractivity contribution is 0.625. The molecule has 0 saturated heterocycles. The van der Waals surface area contributed by atoms with Crippen LogP contribution in [0.4, 0.5) is 0 Å². The second-order valence-electron chi connectivity index (χ2n) is 2.86. The highest BCUT2D eigenvalue weighted by atomic mass is 35.5. The Morgan fingerprint density at radius 3 is 2.92 bits per heavy atom. The Morgan fingerprint density at radius 2 is 2.25 bits per heavy atom. The third-order valence-corrected chi connectivity index (χ3v) is 2.08. The summed E-state index contributed by atoms with van der Waals surface area (Å²) in [5, 5.41) is 6.20. The lowest BCUT2D eigenvalue weighted by Gasteiger charge is -2.09. The molecular formula is C7H12ClN3O. The zero-order valence-corrected chi connectivity index (χ0v) is 7.70. The third-order valence-electron chi connectivity index (χ3n) is 2.08. The monoisotopic (exact) mass is 189 g/mol. The van der Waals surface area contributed by atoms with Crippen LogP contribution in [0.1, 0.15) is 11.3 Å². The molecule has 1 aromatic heterocycles. The van der Waals surface area contributed by atoms with Crippen LogP contribution < -0.4 is 10.9 Å². The molecule has 0 aromatic carbocycles. The highest BCUT2D eigenvalue weighted by Gasteiger charge is 2.14. The van der Waals surface area contributed by atoms with E-state index in [1.807, 2.05) is 0 Å². The smallest absolute Gasteiger partial charge is 0.269 e. The van der Waals surface area contributed by atoms with Crippen LogP contribution in [0.25, 0.3) is 0 Å². The van der Waals surface area contributed by atoms with Gasteiger partial charge in [0.1, 0.15) is 0 Å². The maximum atomic E-state index is 11.3. The number of aryl methyl sites for hydroxylation is 1. The quantitative estimate of drug-likeness (QED) is 0.593. The third kappa shape index (κ3) is 1.28. The van der Waals surface area contributed by atoms with Crippen LogP contribution in [0.15, 0.2) is 4.79 Å². The molecule has 0 atom stereocenters. The van der Waals surface area contributed by atoms with Crippen molar-refractivity contribution in [1.29, 1.82) is 0 Å². The van der Waals surface area contributed by atoms with Gasteiger partial charge >= 0.3 is 0 Å². The Labute approximate surface area is 76.4 Å². The van der Waals surface area contributed by atoms with Crippen LogP contribution in [-0.2, 0) is 20.0 Å². The Bertz CT molecular complexity index is 328. The van der Waals surface area contributed by atoms with Gasteiger partial charge in [-0.15, -0.1) is 12.4 Å². The van der Waals surface area contributed by atoms with E-state index in [0.717, 1.165) is 30.8 Å². The molecule has 1 aliphatic rings. The van der Waals surface area contributed by atoms with Crippen LogP contribution in [0, 0.1) is 0 Å². The van der Waals surface area contributed by atoms with Crippen molar-refractivity contribution in [2.45, 2.75) is 13.0 Å². The predicted octanol–water partition coefficient (Wildman–Crippen LogP) is -0.219. The first-order valence-corrected chi connectivity index (χ1v) is 3.76. The van der Waals surface area contributed by atoms with Gasteiger partial charge in [-0.05, 0) is 13.0 Å². The average molecular weight is 190 g/mol. The molecule has 0 spiro atoms. The van der Waals surface area contributed by atoms with Gasteiger partial charge in [0.05, 0.1) is 5.69 Å². The lowest BCUT2D eigenvalue weighted by atomic mass is 10.1. The summed E-state index contributed by atoms with van der Waals surface area (Å²) in [7, 11) is 1.75. The average Bonchev–Trinajstić information content (AvgIpc) is 2.30. The van der Waals surface area contributed by atoms with Crippen molar-refractivity contribution in [2.75, 3.05) is 6.54 Å². The fraction of sp³-hybridized carbons (Fsp3) is 0.571. The zero-order valence-electron chi connectivity index (χ0n) is 6.89. The summed E-state index contributed by atoms with van der Waals surface area (Å²) in [4.78, 5) is 11.3. The molecule has 0 fully saturated rings. The minimum Gasteiger partial charge on any atom is -0.311 e. The second-order valence-corrected chi connectivity index (χ2v) is 2.86. The normalized spacial score (nSPS) is 15.1. The molecule has 0 unspecified atom stereocenters. The number of nitrogens with one attached hydrogen (secondary N) is 2. The summed E-state index contributed by atoms with van der Waals surface area (Å²) in [6.45, 7) is 1.71. The van der Waals surface area contributed by atoms with Crippen molar-refractivity contribution < 1.29 is 0 Å². The van der Waals surface area contributed by atoms with Crippen molar-refractivity contribution in [3.63, 3.8) is 0 Å². The van der Waals surface area contributed by atoms with E-state index >= 15 is 0 Å². The maximum Gasteiger partial charge on any atom is 0.269 e. The van der Waals surface area contributed by atoms with Crippen LogP contribution in [0.5, 0.6) is 0 Å². The van der Waals surface area contributed by atoms with E-state index in [9.17, 15) is 4.79 Å². The Balaban J connectivity index is 0.000000720. The number of nitrogens with zero attached hydrogens (tertiary/aromatic N) is 1. The van der Waals surface area contributed by atoms with Gasteiger partial charge in [-0.1, -0.05) is 0 Å². The number of hydrogen-bond acceptors (Lipinski definition) is 2. The van der Waals surface area contributed by atoms with E-state index < -0.39 is 0 Å². The number of aromatic nitrogens is 2. The van der Waals surface area contributed by atoms with Gasteiger partial charge in [0.2, 0.25) is 0 Å². The minimum atomic E-state index is 0. The molecule has 1 aliphatic heterocycles. The SMILES string of the molecule is Cl.Cn1[nH]c2c(c1=O)CCNC2. The van der Waals surface area contributed by atoms with Gasteiger partial charge in [-0.2, -0.15) is 0 Å². The highest BCUT2D eigenvalue weighted by Crippen LogP contribution is 2.04. The van der Waals surface area contributed by atoms with E-state index in [4.69, 9.17) is 0 Å². The zero-order chi connectivity index (χ0) is 7.84. The molecule has 0 saturated carbocycles. The molecule has 68 valence electrons. The number of aromatic amines is 1. The Hall–Kier alpha value is -0.740. The van der Waals surface area contributed by atoms with Gasteiger partial charge in [0.15, 0.2) is 0 Å². The molecule has 0 amide bonds. The van der Waals surface area contributed by atoms with Gasteiger partial charge in [0.25, 0.3) is 5.56 Å². The first-order valence-electron chi connectivity index (χ1n) is 3.76. The van der Waals surface area contributed by atoms with Crippen LogP contribution >= 0.6 is 12.4 Å². The molecule has 4 nitrogen and oxygen atoms in total. The maximum absolute atomic E-state index is 11.3. The van der Waals surface area contributed by atoms with E-state index in [0.29, 0.717) is 0 Å². The number of hydrogen-bond donors (Lipinski definition) is 2. The van der Waals surface area contributed by atoms with Crippen molar-refractivity contribution in [3.8, 4) is 0 Å². The Kier molecular flexibility index (Phi) is 2.59. The molecule has 0 aliphatic carbocycles. The number of rotatable bonds is 0. The van der Waals surface area contributed by atoms with E-state index in [1.165, 1.54) is 4.68 Å². The summed E-state index contributed by atoms with van der Waals surface area (Å²) in [5.41, 5.74) is 2.12. The molecule has 0 radical (unpaired) electrons. The molecule has 5 heteroatoms. The van der Waals surface area contributed by atoms with E-state index in [-0.39, 0.29) is 18.0 Å². The molecule has 2 rings (SSSR count). The van der Waals surface area contributed by atoms with Crippen molar-refractivity contribution >= 4 is 12.4 Å². The fourth-order valence-corrected chi connectivity index (χ4v) is 1.48. The first-order chi connectivity index (χ1) is 5.29. The second kappa shape index (κ2) is 3.33. The van der Waals surface area contributed by atoms with Crippen molar-refractivity contribution in [3.05, 3.63) is 21.6 Å². The molecule has 12 heavy (non-hydrogen) atoms. The van der Waals surface area contributed by atoms with Crippen LogP contribution in [0.3, 0.4) is 0 Å². The molecular weight excluding hydrogens is 178 g/mol. The van der Waals surface area contributed by atoms with Gasteiger partial charge in [-0.3, -0.25) is 14.6 Å². The number of fused-ring (bicyclic) bond motifs is 1. The number of H-pyrrole nitrogens is 1. The fourth-order valence-electron chi connectivity index (χ4n) is 1.48. The van der Waals surface area contributed by atoms with Crippen LogP contribution in [0.2, 0.25) is 0 Å². The summed E-state index contributed by atoms with van der Waals surface area (Å²) in [6.07, 6.45) is 0.853. The van der Waals surface area contributed by atoms with Crippen molar-refractivity contribution in [2.24, 2.45) is 7.05 Å². The summed E-state index contributed by atoms with van der Waals surface area (Å²) >= 11 is 0. The predicted molar refractivity (Wildman–Crippen MR) is 48.7 cm³/mol. The molecule has 2 heterocycles. The van der Waals surface area contributed by atoms with Gasteiger partial charge in [0, 0.05) is 19.2 Å². The summed E-state index contributed by atoms with van der Waals surface area (Å²) < 4.78 is 1.54. The van der Waals surface area contributed by atoms with Gasteiger partial charge in [-0.25, -0.2) is 0 Å². The summed E-state index contributed by atoms with van der Waals surface area (Å²) in [5.74, 6) is 0. The van der Waals surface area contributed by atoms with Crippen molar-refractivity contribution in [1.82, 2.24) is 15.1 Å².